The smallest absolute Gasteiger partial charge is 0.135 e. The molecule has 16 heavy (non-hydrogen) atoms. The fraction of sp³-hybridized carbons (Fsp3) is 0.417. The average molecular weight is 237 g/mol. The number of hydrogen-bond acceptors (Lipinski definition) is 2. The van der Waals surface area contributed by atoms with Gasteiger partial charge in [0.25, 0.3) is 0 Å². The molecular weight excluding hydrogens is 224 g/mol. The second-order valence-corrected chi connectivity index (χ2v) is 4.54. The van der Waals surface area contributed by atoms with Crippen molar-refractivity contribution in [2.75, 3.05) is 6.61 Å². The second-order valence-electron chi connectivity index (χ2n) is 4.11. The standard InChI is InChI=1S/C12H13ClN2O/c13-9-4-5-10-11(7-9)15(8-14-10)12-3-1-2-6-16-12/h4-5,7-8,12H,1-3,6H2. The number of imidazole rings is 1. The molecular formula is C12H13ClN2O. The zero-order valence-corrected chi connectivity index (χ0v) is 9.65. The number of rotatable bonds is 1. The second kappa shape index (κ2) is 4.07. The lowest BCUT2D eigenvalue weighted by atomic mass is 10.2. The molecule has 2 heterocycles. The first-order chi connectivity index (χ1) is 7.84. The average Bonchev–Trinajstić information content (AvgIpc) is 2.73. The molecule has 0 amide bonds. The van der Waals surface area contributed by atoms with E-state index in [2.05, 4.69) is 9.55 Å². The van der Waals surface area contributed by atoms with Gasteiger partial charge in [-0.1, -0.05) is 11.6 Å². The molecule has 1 aromatic carbocycles. The van der Waals surface area contributed by atoms with E-state index in [-0.39, 0.29) is 6.23 Å². The number of ether oxygens (including phenoxy) is 1. The molecule has 1 saturated heterocycles. The zero-order valence-electron chi connectivity index (χ0n) is 8.90. The van der Waals surface area contributed by atoms with Crippen molar-refractivity contribution in [1.82, 2.24) is 9.55 Å². The third-order valence-corrected chi connectivity index (χ3v) is 3.24. The minimum absolute atomic E-state index is 0.122. The summed E-state index contributed by atoms with van der Waals surface area (Å²) >= 11 is 6.00. The monoisotopic (exact) mass is 236 g/mol. The Kier molecular flexibility index (Phi) is 2.58. The Morgan fingerprint density at radius 3 is 3.12 bits per heavy atom. The third-order valence-electron chi connectivity index (χ3n) is 3.00. The summed E-state index contributed by atoms with van der Waals surface area (Å²) in [5.74, 6) is 0. The molecule has 1 aliphatic heterocycles. The Morgan fingerprint density at radius 1 is 1.38 bits per heavy atom. The summed E-state index contributed by atoms with van der Waals surface area (Å²) in [7, 11) is 0. The van der Waals surface area contributed by atoms with Gasteiger partial charge in [0.1, 0.15) is 6.23 Å². The molecule has 84 valence electrons. The Morgan fingerprint density at radius 2 is 2.31 bits per heavy atom. The highest BCUT2D eigenvalue weighted by molar-refractivity contribution is 6.31. The van der Waals surface area contributed by atoms with E-state index in [1.165, 1.54) is 6.42 Å². The van der Waals surface area contributed by atoms with E-state index in [0.29, 0.717) is 0 Å². The highest BCUT2D eigenvalue weighted by atomic mass is 35.5. The maximum atomic E-state index is 6.00. The zero-order chi connectivity index (χ0) is 11.0. The Labute approximate surface area is 99.0 Å². The number of nitrogens with zero attached hydrogens (tertiary/aromatic N) is 2. The van der Waals surface area contributed by atoms with Gasteiger partial charge in [-0.15, -0.1) is 0 Å². The van der Waals surface area contributed by atoms with E-state index in [0.717, 1.165) is 35.5 Å². The molecule has 3 rings (SSSR count). The Balaban J connectivity index is 2.05. The molecule has 0 aliphatic carbocycles. The van der Waals surface area contributed by atoms with Crippen LogP contribution in [0.3, 0.4) is 0 Å². The van der Waals surface area contributed by atoms with Gasteiger partial charge in [0.2, 0.25) is 0 Å². The normalized spacial score (nSPS) is 21.4. The van der Waals surface area contributed by atoms with Gasteiger partial charge in [-0.3, -0.25) is 0 Å². The van der Waals surface area contributed by atoms with E-state index in [1.807, 2.05) is 24.5 Å². The van der Waals surface area contributed by atoms with Crippen molar-refractivity contribution < 1.29 is 4.74 Å². The van der Waals surface area contributed by atoms with E-state index < -0.39 is 0 Å². The fourth-order valence-corrected chi connectivity index (χ4v) is 2.34. The predicted octanol–water partition coefficient (Wildman–Crippen LogP) is 3.39. The van der Waals surface area contributed by atoms with Crippen LogP contribution in [-0.4, -0.2) is 16.2 Å². The van der Waals surface area contributed by atoms with Crippen molar-refractivity contribution in [1.29, 1.82) is 0 Å². The van der Waals surface area contributed by atoms with Gasteiger partial charge >= 0.3 is 0 Å². The predicted molar refractivity (Wildman–Crippen MR) is 63.6 cm³/mol. The van der Waals surface area contributed by atoms with Crippen LogP contribution < -0.4 is 0 Å². The van der Waals surface area contributed by atoms with Crippen molar-refractivity contribution in [2.45, 2.75) is 25.5 Å². The van der Waals surface area contributed by atoms with E-state index >= 15 is 0 Å². The molecule has 0 saturated carbocycles. The summed E-state index contributed by atoms with van der Waals surface area (Å²) in [5.41, 5.74) is 2.03. The molecule has 0 spiro atoms. The first-order valence-corrected chi connectivity index (χ1v) is 5.96. The highest BCUT2D eigenvalue weighted by Crippen LogP contribution is 2.27. The number of benzene rings is 1. The summed E-state index contributed by atoms with van der Waals surface area (Å²) in [6.07, 6.45) is 5.39. The summed E-state index contributed by atoms with van der Waals surface area (Å²) in [5, 5.41) is 0.741. The van der Waals surface area contributed by atoms with Crippen LogP contribution in [0.2, 0.25) is 5.02 Å². The lowest BCUT2D eigenvalue weighted by Gasteiger charge is -2.24. The van der Waals surface area contributed by atoms with Crippen LogP contribution in [0.25, 0.3) is 11.0 Å². The highest BCUT2D eigenvalue weighted by Gasteiger charge is 2.17. The quantitative estimate of drug-likeness (QED) is 0.759. The fourth-order valence-electron chi connectivity index (χ4n) is 2.17. The van der Waals surface area contributed by atoms with Gasteiger partial charge in [-0.2, -0.15) is 0 Å². The number of hydrogen-bond donors (Lipinski definition) is 0. The van der Waals surface area contributed by atoms with Crippen molar-refractivity contribution in [2.24, 2.45) is 0 Å². The van der Waals surface area contributed by atoms with Crippen LogP contribution >= 0.6 is 11.6 Å². The van der Waals surface area contributed by atoms with Gasteiger partial charge in [-0.05, 0) is 37.5 Å². The first kappa shape index (κ1) is 10.1. The lowest BCUT2D eigenvalue weighted by Crippen LogP contribution is -2.17. The van der Waals surface area contributed by atoms with Crippen LogP contribution in [0.15, 0.2) is 24.5 Å². The molecule has 2 aromatic rings. The maximum Gasteiger partial charge on any atom is 0.135 e. The third kappa shape index (κ3) is 1.70. The largest absolute Gasteiger partial charge is 0.358 e. The number of fused-ring (bicyclic) bond motifs is 1. The molecule has 1 atom stereocenters. The molecule has 0 bridgehead atoms. The summed E-state index contributed by atoms with van der Waals surface area (Å²) in [6.45, 7) is 0.838. The van der Waals surface area contributed by atoms with Crippen LogP contribution in [0, 0.1) is 0 Å². The summed E-state index contributed by atoms with van der Waals surface area (Å²) in [4.78, 5) is 4.36. The minimum atomic E-state index is 0.122. The van der Waals surface area contributed by atoms with Crippen LogP contribution in [0.5, 0.6) is 0 Å². The minimum Gasteiger partial charge on any atom is -0.358 e. The summed E-state index contributed by atoms with van der Waals surface area (Å²) in [6, 6.07) is 5.75. The van der Waals surface area contributed by atoms with Gasteiger partial charge in [-0.25, -0.2) is 4.98 Å². The Hall–Kier alpha value is -1.06. The van der Waals surface area contributed by atoms with Crippen molar-refractivity contribution >= 4 is 22.6 Å². The molecule has 1 fully saturated rings. The van der Waals surface area contributed by atoms with Gasteiger partial charge in [0, 0.05) is 11.6 Å². The first-order valence-electron chi connectivity index (χ1n) is 5.58. The van der Waals surface area contributed by atoms with Crippen molar-refractivity contribution in [3.63, 3.8) is 0 Å². The maximum absolute atomic E-state index is 6.00. The van der Waals surface area contributed by atoms with Gasteiger partial charge in [0.05, 0.1) is 17.4 Å². The molecule has 3 nitrogen and oxygen atoms in total. The van der Waals surface area contributed by atoms with Crippen LogP contribution in [0.1, 0.15) is 25.5 Å². The van der Waals surface area contributed by atoms with Crippen LogP contribution in [-0.2, 0) is 4.74 Å². The van der Waals surface area contributed by atoms with E-state index in [4.69, 9.17) is 16.3 Å². The van der Waals surface area contributed by atoms with E-state index in [9.17, 15) is 0 Å². The molecule has 0 N–H and O–H groups in total. The number of halogens is 1. The SMILES string of the molecule is Clc1ccc2ncn(C3CCCCO3)c2c1. The molecule has 1 aromatic heterocycles. The molecule has 0 radical (unpaired) electrons. The molecule has 1 unspecified atom stereocenters. The Bertz CT molecular complexity index is 503. The molecule has 1 aliphatic rings. The van der Waals surface area contributed by atoms with Crippen LogP contribution in [0.4, 0.5) is 0 Å². The van der Waals surface area contributed by atoms with Crippen molar-refractivity contribution in [3.05, 3.63) is 29.5 Å². The van der Waals surface area contributed by atoms with Gasteiger partial charge < -0.3 is 9.30 Å². The molecule has 4 heteroatoms. The lowest BCUT2D eigenvalue weighted by molar-refractivity contribution is -0.0295. The van der Waals surface area contributed by atoms with Gasteiger partial charge in [0.15, 0.2) is 0 Å². The van der Waals surface area contributed by atoms with Crippen molar-refractivity contribution in [3.8, 4) is 0 Å². The summed E-state index contributed by atoms with van der Waals surface area (Å²) < 4.78 is 7.83. The number of aromatic nitrogens is 2. The van der Waals surface area contributed by atoms with E-state index in [1.54, 1.807) is 0 Å². The topological polar surface area (TPSA) is 27.1 Å².